The lowest BCUT2D eigenvalue weighted by Gasteiger charge is -2.24. The standard InChI is InChI=1S/C27H28N4O4/c1-15(2)24-23(16-9-7-6-8-10-16)27-29-28-25-19(31(27)30-24)11-17(12-20(25)32)18-13-21(33-3)26(35-5)22(14-18)34-4/h6-10,13-15,17H,11-12H2,1-5H3/t17-/m1/s1. The predicted octanol–water partition coefficient (Wildman–Crippen LogP) is 4.85. The van der Waals surface area contributed by atoms with Crippen LogP contribution < -0.4 is 14.2 Å². The van der Waals surface area contributed by atoms with Crippen LogP contribution in [0.2, 0.25) is 0 Å². The number of carbonyl (C=O) groups excluding carboxylic acids is 1. The van der Waals surface area contributed by atoms with E-state index in [0.29, 0.717) is 41.4 Å². The fraction of sp³-hybridized carbons (Fsp3) is 0.333. The molecule has 180 valence electrons. The van der Waals surface area contributed by atoms with Crippen LogP contribution >= 0.6 is 0 Å². The van der Waals surface area contributed by atoms with Crippen molar-refractivity contribution >= 4 is 11.4 Å². The lowest BCUT2D eigenvalue weighted by molar-refractivity contribution is 0.0955. The summed E-state index contributed by atoms with van der Waals surface area (Å²) in [7, 11) is 4.75. The summed E-state index contributed by atoms with van der Waals surface area (Å²) in [5, 5.41) is 13.8. The number of methoxy groups -OCH3 is 3. The molecule has 0 saturated carbocycles. The topological polar surface area (TPSA) is 87.8 Å². The van der Waals surface area contributed by atoms with Crippen molar-refractivity contribution in [2.75, 3.05) is 21.3 Å². The highest BCUT2D eigenvalue weighted by molar-refractivity contribution is 5.97. The molecule has 4 aromatic rings. The number of ketones is 1. The summed E-state index contributed by atoms with van der Waals surface area (Å²) in [4.78, 5) is 13.2. The molecule has 0 N–H and O–H groups in total. The molecule has 1 aliphatic carbocycles. The van der Waals surface area contributed by atoms with Gasteiger partial charge in [0.2, 0.25) is 5.75 Å². The fourth-order valence-corrected chi connectivity index (χ4v) is 4.85. The largest absolute Gasteiger partial charge is 0.493 e. The number of nitrogens with zero attached hydrogens (tertiary/aromatic N) is 4. The van der Waals surface area contributed by atoms with Crippen molar-refractivity contribution in [1.29, 1.82) is 0 Å². The fourth-order valence-electron chi connectivity index (χ4n) is 4.85. The van der Waals surface area contributed by atoms with Gasteiger partial charge in [0.25, 0.3) is 0 Å². The van der Waals surface area contributed by atoms with Gasteiger partial charge in [-0.05, 0) is 41.5 Å². The maximum absolute atomic E-state index is 13.2. The van der Waals surface area contributed by atoms with Gasteiger partial charge < -0.3 is 14.2 Å². The average molecular weight is 473 g/mol. The van der Waals surface area contributed by atoms with Crippen molar-refractivity contribution in [3.8, 4) is 28.4 Å². The Morgan fingerprint density at radius 3 is 2.23 bits per heavy atom. The Morgan fingerprint density at radius 1 is 0.943 bits per heavy atom. The van der Waals surface area contributed by atoms with Gasteiger partial charge >= 0.3 is 0 Å². The molecule has 0 aliphatic heterocycles. The van der Waals surface area contributed by atoms with Gasteiger partial charge in [0.05, 0.1) is 38.3 Å². The number of ether oxygens (including phenoxy) is 3. The van der Waals surface area contributed by atoms with Crippen LogP contribution in [0, 0.1) is 0 Å². The number of benzene rings is 2. The van der Waals surface area contributed by atoms with E-state index in [4.69, 9.17) is 19.3 Å². The summed E-state index contributed by atoms with van der Waals surface area (Å²) in [6.45, 7) is 4.22. The molecular weight excluding hydrogens is 444 g/mol. The van der Waals surface area contributed by atoms with E-state index in [1.54, 1.807) is 21.3 Å². The van der Waals surface area contributed by atoms with Gasteiger partial charge in [0.1, 0.15) is 0 Å². The van der Waals surface area contributed by atoms with E-state index >= 15 is 0 Å². The molecule has 0 amide bonds. The smallest absolute Gasteiger partial charge is 0.203 e. The van der Waals surface area contributed by atoms with Gasteiger partial charge in [0.15, 0.2) is 28.6 Å². The third-order valence-corrected chi connectivity index (χ3v) is 6.57. The first-order valence-electron chi connectivity index (χ1n) is 11.6. The molecule has 0 bridgehead atoms. The number of hydrogen-bond acceptors (Lipinski definition) is 7. The normalized spacial score (nSPS) is 15.4. The summed E-state index contributed by atoms with van der Waals surface area (Å²) in [5.41, 5.74) is 5.68. The van der Waals surface area contributed by atoms with Crippen LogP contribution in [0.4, 0.5) is 0 Å². The molecule has 5 rings (SSSR count). The third-order valence-electron chi connectivity index (χ3n) is 6.57. The summed E-state index contributed by atoms with van der Waals surface area (Å²) < 4.78 is 18.4. The van der Waals surface area contributed by atoms with E-state index < -0.39 is 0 Å². The van der Waals surface area contributed by atoms with Crippen LogP contribution in [0.3, 0.4) is 0 Å². The monoisotopic (exact) mass is 472 g/mol. The quantitative estimate of drug-likeness (QED) is 0.396. The van der Waals surface area contributed by atoms with Crippen molar-refractivity contribution in [2.24, 2.45) is 0 Å². The van der Waals surface area contributed by atoms with Crippen molar-refractivity contribution < 1.29 is 19.0 Å². The van der Waals surface area contributed by atoms with Crippen molar-refractivity contribution in [3.63, 3.8) is 0 Å². The SMILES string of the molecule is COc1cc([C@H]2CC(=O)c3nnc4c(-c5ccccc5)c(C(C)C)nn4c3C2)cc(OC)c1OC. The second-order valence-corrected chi connectivity index (χ2v) is 9.00. The number of fused-ring (bicyclic) bond motifs is 3. The van der Waals surface area contributed by atoms with E-state index in [2.05, 4.69) is 24.0 Å². The summed E-state index contributed by atoms with van der Waals surface area (Å²) in [6.07, 6.45) is 0.898. The Hall–Kier alpha value is -3.94. The highest BCUT2D eigenvalue weighted by Crippen LogP contribution is 2.43. The zero-order chi connectivity index (χ0) is 24.7. The first-order chi connectivity index (χ1) is 17.0. The van der Waals surface area contributed by atoms with E-state index in [1.807, 2.05) is 47.0 Å². The molecule has 35 heavy (non-hydrogen) atoms. The molecule has 8 nitrogen and oxygen atoms in total. The van der Waals surface area contributed by atoms with E-state index in [-0.39, 0.29) is 17.6 Å². The lowest BCUT2D eigenvalue weighted by Crippen LogP contribution is -2.24. The first kappa shape index (κ1) is 22.8. The van der Waals surface area contributed by atoms with Gasteiger partial charge in [-0.15, -0.1) is 10.2 Å². The molecule has 0 spiro atoms. The Bertz CT molecular complexity index is 1390. The molecule has 1 atom stereocenters. The molecule has 1 aliphatic rings. The molecule has 8 heteroatoms. The second kappa shape index (κ2) is 9.02. The van der Waals surface area contributed by atoms with Crippen LogP contribution in [-0.4, -0.2) is 46.9 Å². The molecule has 2 aromatic heterocycles. The lowest BCUT2D eigenvalue weighted by atomic mass is 9.83. The van der Waals surface area contributed by atoms with Crippen molar-refractivity contribution in [1.82, 2.24) is 19.8 Å². The molecule has 0 fully saturated rings. The minimum Gasteiger partial charge on any atom is -0.493 e. The summed E-state index contributed by atoms with van der Waals surface area (Å²) in [6, 6.07) is 13.9. The number of rotatable bonds is 6. The average Bonchev–Trinajstić information content (AvgIpc) is 3.28. The molecule has 2 heterocycles. The second-order valence-electron chi connectivity index (χ2n) is 9.00. The van der Waals surface area contributed by atoms with Crippen LogP contribution in [0.15, 0.2) is 42.5 Å². The Morgan fingerprint density at radius 2 is 1.63 bits per heavy atom. The number of Topliss-reactive ketones (excluding diaryl/α,β-unsaturated/α-hetero) is 1. The summed E-state index contributed by atoms with van der Waals surface area (Å²) in [5.74, 6) is 1.67. The van der Waals surface area contributed by atoms with Gasteiger partial charge in [0, 0.05) is 6.42 Å². The number of carbonyl (C=O) groups is 1. The van der Waals surface area contributed by atoms with E-state index in [0.717, 1.165) is 28.1 Å². The van der Waals surface area contributed by atoms with Crippen LogP contribution in [0.5, 0.6) is 17.2 Å². The van der Waals surface area contributed by atoms with Crippen LogP contribution in [0.25, 0.3) is 16.8 Å². The molecular formula is C27H28N4O4. The summed E-state index contributed by atoms with van der Waals surface area (Å²) >= 11 is 0. The molecule has 0 saturated heterocycles. The maximum Gasteiger partial charge on any atom is 0.203 e. The Balaban J connectivity index is 1.66. The zero-order valence-corrected chi connectivity index (χ0v) is 20.5. The van der Waals surface area contributed by atoms with E-state index in [9.17, 15) is 4.79 Å². The predicted molar refractivity (Wildman–Crippen MR) is 132 cm³/mol. The minimum absolute atomic E-state index is 0.0535. The highest BCUT2D eigenvalue weighted by Gasteiger charge is 2.33. The highest BCUT2D eigenvalue weighted by atomic mass is 16.5. The molecule has 0 radical (unpaired) electrons. The van der Waals surface area contributed by atoms with Gasteiger partial charge in [-0.3, -0.25) is 4.79 Å². The maximum atomic E-state index is 13.2. The number of aromatic nitrogens is 4. The zero-order valence-electron chi connectivity index (χ0n) is 20.5. The van der Waals surface area contributed by atoms with Crippen molar-refractivity contribution in [2.45, 2.75) is 38.5 Å². The Kier molecular flexibility index (Phi) is 5.88. The van der Waals surface area contributed by atoms with Crippen LogP contribution in [0.1, 0.15) is 59.5 Å². The third kappa shape index (κ3) is 3.79. The van der Waals surface area contributed by atoms with Crippen LogP contribution in [-0.2, 0) is 6.42 Å². The van der Waals surface area contributed by atoms with Gasteiger partial charge in [-0.1, -0.05) is 44.2 Å². The number of hydrogen-bond donors (Lipinski definition) is 0. The van der Waals surface area contributed by atoms with Gasteiger partial charge in [-0.2, -0.15) is 5.10 Å². The minimum atomic E-state index is -0.0945. The van der Waals surface area contributed by atoms with E-state index in [1.165, 1.54) is 0 Å². The molecule has 0 unspecified atom stereocenters. The van der Waals surface area contributed by atoms with Crippen molar-refractivity contribution in [3.05, 3.63) is 65.1 Å². The van der Waals surface area contributed by atoms with Gasteiger partial charge in [-0.25, -0.2) is 4.52 Å². The molecule has 2 aromatic carbocycles. The first-order valence-corrected chi connectivity index (χ1v) is 11.6. The Labute approximate surface area is 203 Å².